The van der Waals surface area contributed by atoms with Gasteiger partial charge in [-0.25, -0.2) is 8.42 Å². The van der Waals surface area contributed by atoms with Gasteiger partial charge in [-0.1, -0.05) is 27.3 Å². The second-order valence-electron chi connectivity index (χ2n) is 3.58. The fourth-order valence-electron chi connectivity index (χ4n) is 0.972. The molecule has 1 atom stereocenters. The Kier molecular flexibility index (Phi) is 5.20. The molecule has 102 valence electrons. The van der Waals surface area contributed by atoms with E-state index < -0.39 is 10.0 Å². The summed E-state index contributed by atoms with van der Waals surface area (Å²) in [5.41, 5.74) is 0. The van der Waals surface area contributed by atoms with Crippen molar-refractivity contribution in [3.63, 3.8) is 0 Å². The number of rotatable bonds is 5. The third kappa shape index (κ3) is 3.46. The van der Waals surface area contributed by atoms with E-state index in [1.165, 1.54) is 18.3 Å². The standard InChI is InChI=1S/C8H13BrN4O3S2/c1-5(4-9)13(3)18(15,16)8-12-11-7(17-8)10-6(2)14/h5H,4H2,1-3H3,(H,10,11,14). The minimum absolute atomic E-state index is 0.137. The number of sulfonamides is 1. The van der Waals surface area contributed by atoms with E-state index in [0.29, 0.717) is 5.33 Å². The van der Waals surface area contributed by atoms with Crippen LogP contribution in [0.2, 0.25) is 0 Å². The third-order valence-electron chi connectivity index (χ3n) is 2.13. The molecule has 1 amide bonds. The van der Waals surface area contributed by atoms with Crippen LogP contribution < -0.4 is 5.32 Å². The molecule has 0 aliphatic heterocycles. The zero-order valence-corrected chi connectivity index (χ0v) is 13.3. The number of carbonyl (C=O) groups excluding carboxylic acids is 1. The predicted octanol–water partition coefficient (Wildman–Crippen LogP) is 0.900. The van der Waals surface area contributed by atoms with Gasteiger partial charge in [0.05, 0.1) is 0 Å². The average molecular weight is 357 g/mol. The first kappa shape index (κ1) is 15.5. The lowest BCUT2D eigenvalue weighted by Gasteiger charge is -2.20. The number of alkyl halides is 1. The van der Waals surface area contributed by atoms with Crippen LogP contribution in [0.4, 0.5) is 5.13 Å². The Morgan fingerprint density at radius 3 is 2.67 bits per heavy atom. The van der Waals surface area contributed by atoms with Gasteiger partial charge >= 0.3 is 0 Å². The van der Waals surface area contributed by atoms with Gasteiger partial charge in [0.2, 0.25) is 15.4 Å². The summed E-state index contributed by atoms with van der Waals surface area (Å²) in [4.78, 5) is 10.8. The molecule has 0 fully saturated rings. The second-order valence-corrected chi connectivity index (χ2v) is 7.38. The van der Waals surface area contributed by atoms with Gasteiger partial charge < -0.3 is 5.32 Å². The van der Waals surface area contributed by atoms with Crippen molar-refractivity contribution >= 4 is 48.3 Å². The Hall–Kier alpha value is -0.580. The number of nitrogens with one attached hydrogen (secondary N) is 1. The largest absolute Gasteiger partial charge is 0.301 e. The number of hydrogen-bond donors (Lipinski definition) is 1. The molecule has 0 saturated heterocycles. The molecule has 0 aliphatic carbocycles. The number of halogens is 1. The van der Waals surface area contributed by atoms with E-state index in [-0.39, 0.29) is 21.4 Å². The van der Waals surface area contributed by atoms with Crippen LogP contribution in [0.25, 0.3) is 0 Å². The summed E-state index contributed by atoms with van der Waals surface area (Å²) in [7, 11) is -2.20. The van der Waals surface area contributed by atoms with Gasteiger partial charge in [-0.2, -0.15) is 4.31 Å². The number of anilines is 1. The maximum Gasteiger partial charge on any atom is 0.272 e. The maximum absolute atomic E-state index is 12.1. The maximum atomic E-state index is 12.1. The van der Waals surface area contributed by atoms with Crippen molar-refractivity contribution in [2.24, 2.45) is 0 Å². The van der Waals surface area contributed by atoms with Crippen LogP contribution in [0, 0.1) is 0 Å². The summed E-state index contributed by atoms with van der Waals surface area (Å²) in [5, 5.41) is 10.3. The molecule has 1 heterocycles. The fourth-order valence-corrected chi connectivity index (χ4v) is 4.07. The highest BCUT2D eigenvalue weighted by Crippen LogP contribution is 2.23. The molecule has 18 heavy (non-hydrogen) atoms. The molecule has 7 nitrogen and oxygen atoms in total. The first-order valence-electron chi connectivity index (χ1n) is 4.94. The highest BCUT2D eigenvalue weighted by atomic mass is 79.9. The fraction of sp³-hybridized carbons (Fsp3) is 0.625. The first-order chi connectivity index (χ1) is 8.28. The van der Waals surface area contributed by atoms with Crippen molar-refractivity contribution < 1.29 is 13.2 Å². The molecule has 0 radical (unpaired) electrons. The third-order valence-corrected chi connectivity index (χ3v) is 6.23. The van der Waals surface area contributed by atoms with Crippen LogP contribution in [-0.4, -0.2) is 47.2 Å². The topological polar surface area (TPSA) is 92.3 Å². The van der Waals surface area contributed by atoms with Crippen LogP contribution in [0.5, 0.6) is 0 Å². The van der Waals surface area contributed by atoms with Crippen LogP contribution in [-0.2, 0) is 14.8 Å². The minimum Gasteiger partial charge on any atom is -0.301 e. The van der Waals surface area contributed by atoms with Gasteiger partial charge in [-0.3, -0.25) is 4.79 Å². The highest BCUT2D eigenvalue weighted by Gasteiger charge is 2.28. The summed E-state index contributed by atoms with van der Waals surface area (Å²) in [6.45, 7) is 3.08. The molecule has 10 heteroatoms. The average Bonchev–Trinajstić information content (AvgIpc) is 2.75. The molecule has 1 aromatic rings. The molecule has 0 aromatic carbocycles. The SMILES string of the molecule is CC(=O)Nc1nnc(S(=O)(=O)N(C)C(C)CBr)s1. The number of aromatic nitrogens is 2. The summed E-state index contributed by atoms with van der Waals surface area (Å²) in [6, 6.07) is -0.205. The highest BCUT2D eigenvalue weighted by molar-refractivity contribution is 9.09. The summed E-state index contributed by atoms with van der Waals surface area (Å²) >= 11 is 4.05. The molecule has 1 rings (SSSR count). The zero-order valence-electron chi connectivity index (χ0n) is 10.0. The smallest absolute Gasteiger partial charge is 0.272 e. The zero-order chi connectivity index (χ0) is 13.9. The lowest BCUT2D eigenvalue weighted by molar-refractivity contribution is -0.114. The lowest BCUT2D eigenvalue weighted by Crippen LogP contribution is -2.36. The summed E-state index contributed by atoms with van der Waals surface area (Å²) in [6.07, 6.45) is 0. The van der Waals surface area contributed by atoms with Crippen LogP contribution >= 0.6 is 27.3 Å². The van der Waals surface area contributed by atoms with Gasteiger partial charge in [0.25, 0.3) is 10.0 Å². The van der Waals surface area contributed by atoms with Gasteiger partial charge in [-0.05, 0) is 6.92 Å². The number of amides is 1. The molecule has 0 bridgehead atoms. The van der Waals surface area contributed by atoms with Crippen molar-refractivity contribution in [2.45, 2.75) is 24.2 Å². The molecule has 1 unspecified atom stereocenters. The van der Waals surface area contributed by atoms with Gasteiger partial charge in [0.15, 0.2) is 0 Å². The quantitative estimate of drug-likeness (QED) is 0.624. The molecule has 0 saturated carbocycles. The summed E-state index contributed by atoms with van der Waals surface area (Å²) < 4.78 is 25.3. The Morgan fingerprint density at radius 2 is 2.17 bits per heavy atom. The van der Waals surface area contributed by atoms with E-state index in [9.17, 15) is 13.2 Å². The van der Waals surface area contributed by atoms with Crippen LogP contribution in [0.15, 0.2) is 4.34 Å². The normalized spacial score (nSPS) is 13.6. The molecule has 0 spiro atoms. The van der Waals surface area contributed by atoms with Crippen LogP contribution in [0.3, 0.4) is 0 Å². The van der Waals surface area contributed by atoms with Crippen molar-refractivity contribution in [3.05, 3.63) is 0 Å². The van der Waals surface area contributed by atoms with Crippen molar-refractivity contribution in [3.8, 4) is 0 Å². The monoisotopic (exact) mass is 356 g/mol. The molecule has 1 N–H and O–H groups in total. The van der Waals surface area contributed by atoms with Crippen molar-refractivity contribution in [1.82, 2.24) is 14.5 Å². The van der Waals surface area contributed by atoms with Gasteiger partial charge in [-0.15, -0.1) is 10.2 Å². The number of hydrogen-bond acceptors (Lipinski definition) is 6. The molecule has 1 aromatic heterocycles. The van der Waals surface area contributed by atoms with E-state index in [0.717, 1.165) is 11.3 Å². The first-order valence-corrected chi connectivity index (χ1v) is 8.32. The van der Waals surface area contributed by atoms with Crippen molar-refractivity contribution in [1.29, 1.82) is 0 Å². The summed E-state index contributed by atoms with van der Waals surface area (Å²) in [5.74, 6) is -0.322. The predicted molar refractivity (Wildman–Crippen MR) is 72.4 cm³/mol. The Balaban J connectivity index is 2.99. The van der Waals surface area contributed by atoms with E-state index in [1.807, 2.05) is 0 Å². The van der Waals surface area contributed by atoms with E-state index in [4.69, 9.17) is 0 Å². The van der Waals surface area contributed by atoms with Gasteiger partial charge in [0, 0.05) is 25.3 Å². The van der Waals surface area contributed by atoms with E-state index in [1.54, 1.807) is 6.92 Å². The van der Waals surface area contributed by atoms with Crippen molar-refractivity contribution in [2.75, 3.05) is 17.7 Å². The number of carbonyl (C=O) groups is 1. The Bertz CT molecular complexity index is 530. The lowest BCUT2D eigenvalue weighted by atomic mass is 10.4. The second kappa shape index (κ2) is 6.04. The molecular formula is C8H13BrN4O3S2. The van der Waals surface area contributed by atoms with E-state index >= 15 is 0 Å². The Labute approximate surface area is 118 Å². The van der Waals surface area contributed by atoms with E-state index in [2.05, 4.69) is 31.4 Å². The van der Waals surface area contributed by atoms with Crippen LogP contribution in [0.1, 0.15) is 13.8 Å². The number of nitrogens with zero attached hydrogens (tertiary/aromatic N) is 3. The minimum atomic E-state index is -3.67. The molecule has 0 aliphatic rings. The Morgan fingerprint density at radius 1 is 1.56 bits per heavy atom. The molecular weight excluding hydrogens is 344 g/mol. The van der Waals surface area contributed by atoms with Gasteiger partial charge in [0.1, 0.15) is 0 Å².